The van der Waals surface area contributed by atoms with Crippen LogP contribution in [0.1, 0.15) is 18.9 Å². The molecule has 0 bridgehead atoms. The minimum atomic E-state index is 0.313. The van der Waals surface area contributed by atoms with Crippen molar-refractivity contribution in [3.63, 3.8) is 0 Å². The molecule has 1 saturated heterocycles. The number of hydrogen-bond donors (Lipinski definition) is 1. The van der Waals surface area contributed by atoms with Crippen molar-refractivity contribution in [3.8, 4) is 5.75 Å². The molecule has 1 aromatic rings. The smallest absolute Gasteiger partial charge is 0.123 e. The van der Waals surface area contributed by atoms with Crippen LogP contribution in [-0.4, -0.2) is 31.1 Å². The standard InChI is InChI=1S/C14H22N2O/c1-11-7-13(15)10-16(8-11)9-12-5-3-4-6-14(12)17-2/h3-6,11,13H,7-10,15H2,1-2H3. The van der Waals surface area contributed by atoms with Gasteiger partial charge in [-0.15, -0.1) is 0 Å². The molecule has 3 heteroatoms. The van der Waals surface area contributed by atoms with Gasteiger partial charge in [0.25, 0.3) is 0 Å². The molecule has 2 N–H and O–H groups in total. The Hall–Kier alpha value is -1.06. The highest BCUT2D eigenvalue weighted by Crippen LogP contribution is 2.22. The molecule has 2 rings (SSSR count). The van der Waals surface area contributed by atoms with E-state index in [0.29, 0.717) is 12.0 Å². The first kappa shape index (κ1) is 12.4. The lowest BCUT2D eigenvalue weighted by atomic mass is 9.96. The van der Waals surface area contributed by atoms with E-state index in [4.69, 9.17) is 10.5 Å². The van der Waals surface area contributed by atoms with Gasteiger partial charge in [-0.3, -0.25) is 4.90 Å². The molecule has 1 aliphatic rings. The Morgan fingerprint density at radius 1 is 1.35 bits per heavy atom. The number of rotatable bonds is 3. The monoisotopic (exact) mass is 234 g/mol. The van der Waals surface area contributed by atoms with Crippen LogP contribution in [-0.2, 0) is 6.54 Å². The molecule has 1 fully saturated rings. The first-order valence-corrected chi connectivity index (χ1v) is 6.29. The zero-order chi connectivity index (χ0) is 12.3. The maximum Gasteiger partial charge on any atom is 0.123 e. The SMILES string of the molecule is COc1ccccc1CN1CC(C)CC(N)C1. The normalized spacial score (nSPS) is 25.8. The fraction of sp³-hybridized carbons (Fsp3) is 0.571. The Bertz CT molecular complexity index is 357. The number of para-hydroxylation sites is 1. The third-order valence-corrected chi connectivity index (χ3v) is 3.35. The summed E-state index contributed by atoms with van der Waals surface area (Å²) in [6.07, 6.45) is 1.14. The largest absolute Gasteiger partial charge is 0.496 e. The van der Waals surface area contributed by atoms with Gasteiger partial charge >= 0.3 is 0 Å². The second kappa shape index (κ2) is 5.52. The third kappa shape index (κ3) is 3.20. The second-order valence-corrected chi connectivity index (χ2v) is 5.11. The Kier molecular flexibility index (Phi) is 4.02. The van der Waals surface area contributed by atoms with Gasteiger partial charge in [-0.25, -0.2) is 0 Å². The average Bonchev–Trinajstić information content (AvgIpc) is 2.28. The van der Waals surface area contributed by atoms with Crippen molar-refractivity contribution in [3.05, 3.63) is 29.8 Å². The van der Waals surface area contributed by atoms with Gasteiger partial charge in [0.2, 0.25) is 0 Å². The Morgan fingerprint density at radius 2 is 2.12 bits per heavy atom. The van der Waals surface area contributed by atoms with Crippen LogP contribution in [0.25, 0.3) is 0 Å². The van der Waals surface area contributed by atoms with Gasteiger partial charge < -0.3 is 10.5 Å². The van der Waals surface area contributed by atoms with Crippen molar-refractivity contribution in [2.75, 3.05) is 20.2 Å². The summed E-state index contributed by atoms with van der Waals surface area (Å²) in [5.74, 6) is 1.66. The Balaban J connectivity index is 2.04. The molecular formula is C14H22N2O. The number of ether oxygens (including phenoxy) is 1. The van der Waals surface area contributed by atoms with Crippen molar-refractivity contribution in [2.45, 2.75) is 25.9 Å². The van der Waals surface area contributed by atoms with Crippen LogP contribution in [0, 0.1) is 5.92 Å². The average molecular weight is 234 g/mol. The van der Waals surface area contributed by atoms with Crippen LogP contribution in [0.4, 0.5) is 0 Å². The van der Waals surface area contributed by atoms with E-state index in [1.165, 1.54) is 5.56 Å². The van der Waals surface area contributed by atoms with E-state index < -0.39 is 0 Å². The van der Waals surface area contributed by atoms with Crippen molar-refractivity contribution >= 4 is 0 Å². The minimum Gasteiger partial charge on any atom is -0.496 e. The van der Waals surface area contributed by atoms with E-state index in [-0.39, 0.29) is 0 Å². The minimum absolute atomic E-state index is 0.313. The fourth-order valence-electron chi connectivity index (χ4n) is 2.72. The van der Waals surface area contributed by atoms with Crippen LogP contribution in [0.15, 0.2) is 24.3 Å². The molecular weight excluding hydrogens is 212 g/mol. The van der Waals surface area contributed by atoms with Gasteiger partial charge in [0.1, 0.15) is 5.75 Å². The molecule has 2 atom stereocenters. The van der Waals surface area contributed by atoms with Gasteiger partial charge in [0, 0.05) is 31.2 Å². The molecule has 1 heterocycles. The van der Waals surface area contributed by atoms with Crippen LogP contribution >= 0.6 is 0 Å². The fourth-order valence-corrected chi connectivity index (χ4v) is 2.72. The molecule has 3 nitrogen and oxygen atoms in total. The molecule has 0 radical (unpaired) electrons. The number of likely N-dealkylation sites (tertiary alicyclic amines) is 1. The van der Waals surface area contributed by atoms with Gasteiger partial charge in [-0.1, -0.05) is 25.1 Å². The highest BCUT2D eigenvalue weighted by atomic mass is 16.5. The van der Waals surface area contributed by atoms with Gasteiger partial charge in [0.15, 0.2) is 0 Å². The lowest BCUT2D eigenvalue weighted by Crippen LogP contribution is -2.45. The van der Waals surface area contributed by atoms with Gasteiger partial charge in [-0.05, 0) is 18.4 Å². The summed E-state index contributed by atoms with van der Waals surface area (Å²) in [4.78, 5) is 2.43. The number of methoxy groups -OCH3 is 1. The van der Waals surface area contributed by atoms with E-state index in [2.05, 4.69) is 24.0 Å². The van der Waals surface area contributed by atoms with Crippen molar-refractivity contribution < 1.29 is 4.74 Å². The highest BCUT2D eigenvalue weighted by Gasteiger charge is 2.22. The number of nitrogens with two attached hydrogens (primary N) is 1. The number of benzene rings is 1. The van der Waals surface area contributed by atoms with E-state index in [9.17, 15) is 0 Å². The molecule has 17 heavy (non-hydrogen) atoms. The second-order valence-electron chi connectivity index (χ2n) is 5.11. The summed E-state index contributed by atoms with van der Waals surface area (Å²) in [5.41, 5.74) is 7.31. The molecule has 1 aliphatic heterocycles. The highest BCUT2D eigenvalue weighted by molar-refractivity contribution is 5.33. The summed E-state index contributed by atoms with van der Waals surface area (Å²) in [7, 11) is 1.73. The maximum atomic E-state index is 6.07. The molecule has 0 aliphatic carbocycles. The van der Waals surface area contributed by atoms with Crippen molar-refractivity contribution in [2.24, 2.45) is 11.7 Å². The third-order valence-electron chi connectivity index (χ3n) is 3.35. The molecule has 94 valence electrons. The first-order valence-electron chi connectivity index (χ1n) is 6.29. The lowest BCUT2D eigenvalue weighted by molar-refractivity contribution is 0.157. The molecule has 0 amide bonds. The summed E-state index contributed by atoms with van der Waals surface area (Å²) in [6.45, 7) is 5.32. The van der Waals surface area contributed by atoms with Crippen LogP contribution in [0.3, 0.4) is 0 Å². The Morgan fingerprint density at radius 3 is 2.82 bits per heavy atom. The van der Waals surface area contributed by atoms with E-state index in [1.54, 1.807) is 7.11 Å². The van der Waals surface area contributed by atoms with Crippen LogP contribution < -0.4 is 10.5 Å². The molecule has 1 aromatic carbocycles. The molecule has 0 saturated carbocycles. The molecule has 0 spiro atoms. The predicted molar refractivity (Wildman–Crippen MR) is 70.0 cm³/mol. The van der Waals surface area contributed by atoms with Crippen molar-refractivity contribution in [1.29, 1.82) is 0 Å². The lowest BCUT2D eigenvalue weighted by Gasteiger charge is -2.35. The number of nitrogens with zero attached hydrogens (tertiary/aromatic N) is 1. The summed E-state index contributed by atoms with van der Waals surface area (Å²) < 4.78 is 5.38. The summed E-state index contributed by atoms with van der Waals surface area (Å²) in [5, 5.41) is 0. The molecule has 2 unspecified atom stereocenters. The molecule has 0 aromatic heterocycles. The topological polar surface area (TPSA) is 38.5 Å². The number of hydrogen-bond acceptors (Lipinski definition) is 3. The number of piperidine rings is 1. The summed E-state index contributed by atoms with van der Waals surface area (Å²) >= 11 is 0. The summed E-state index contributed by atoms with van der Waals surface area (Å²) in [6, 6.07) is 8.53. The van der Waals surface area contributed by atoms with Crippen LogP contribution in [0.2, 0.25) is 0 Å². The van der Waals surface area contributed by atoms with E-state index in [0.717, 1.165) is 31.8 Å². The first-order chi connectivity index (χ1) is 8.19. The van der Waals surface area contributed by atoms with Gasteiger partial charge in [0.05, 0.1) is 7.11 Å². The van der Waals surface area contributed by atoms with Crippen LogP contribution in [0.5, 0.6) is 5.75 Å². The predicted octanol–water partition coefficient (Wildman–Crippen LogP) is 1.86. The van der Waals surface area contributed by atoms with Gasteiger partial charge in [-0.2, -0.15) is 0 Å². The van der Waals surface area contributed by atoms with E-state index >= 15 is 0 Å². The van der Waals surface area contributed by atoms with Crippen molar-refractivity contribution in [1.82, 2.24) is 4.90 Å². The Labute approximate surface area is 104 Å². The van der Waals surface area contributed by atoms with E-state index in [1.807, 2.05) is 12.1 Å². The zero-order valence-corrected chi connectivity index (χ0v) is 10.7. The quantitative estimate of drug-likeness (QED) is 0.867. The maximum absolute atomic E-state index is 6.07. The zero-order valence-electron chi connectivity index (χ0n) is 10.7.